The van der Waals surface area contributed by atoms with Crippen molar-refractivity contribution in [2.45, 2.75) is 51.6 Å². The summed E-state index contributed by atoms with van der Waals surface area (Å²) in [5.41, 5.74) is 1.42. The van der Waals surface area contributed by atoms with Gasteiger partial charge in [-0.25, -0.2) is 4.79 Å². The maximum Gasteiger partial charge on any atom is 0.343 e. The van der Waals surface area contributed by atoms with Crippen LogP contribution in [0.5, 0.6) is 5.75 Å². The highest BCUT2D eigenvalue weighted by Gasteiger charge is 2.63. The summed E-state index contributed by atoms with van der Waals surface area (Å²) in [7, 11) is 0. The van der Waals surface area contributed by atoms with Crippen LogP contribution in [0.4, 0.5) is 0 Å². The molecule has 3 heteroatoms. The maximum absolute atomic E-state index is 12.3. The minimum absolute atomic E-state index is 0.0815. The Kier molecular flexibility index (Phi) is 2.49. The third-order valence-electron chi connectivity index (χ3n) is 6.98. The van der Waals surface area contributed by atoms with E-state index in [1.165, 1.54) is 12.8 Å². The minimum Gasteiger partial charge on any atom is -0.486 e. The average molecular weight is 310 g/mol. The lowest BCUT2D eigenvalue weighted by molar-refractivity contribution is -0.195. The third-order valence-corrected chi connectivity index (χ3v) is 6.98. The predicted octanol–water partition coefficient (Wildman–Crippen LogP) is 4.31. The topological polar surface area (TPSA) is 39.4 Å². The van der Waals surface area contributed by atoms with Crippen molar-refractivity contribution in [1.29, 1.82) is 0 Å². The Morgan fingerprint density at radius 3 is 2.78 bits per heavy atom. The molecule has 1 aromatic carbocycles. The van der Waals surface area contributed by atoms with Gasteiger partial charge in [0.05, 0.1) is 10.9 Å². The molecule has 120 valence electrons. The van der Waals surface area contributed by atoms with Gasteiger partial charge in [-0.3, -0.25) is 0 Å². The Morgan fingerprint density at radius 2 is 2.00 bits per heavy atom. The van der Waals surface area contributed by atoms with Gasteiger partial charge in [0.1, 0.15) is 16.9 Å². The molecule has 3 aliphatic carbocycles. The fourth-order valence-corrected chi connectivity index (χ4v) is 5.50. The van der Waals surface area contributed by atoms with Crippen LogP contribution in [0, 0.1) is 17.3 Å². The number of ether oxygens (including phenoxy) is 1. The summed E-state index contributed by atoms with van der Waals surface area (Å²) in [5.74, 6) is 2.25. The number of rotatable bonds is 0. The molecule has 4 aliphatic rings. The molecule has 0 saturated heterocycles. The SMILES string of the molecule is CC1(C)[C@H]2CC[C@@]3(CCc4c(c5ccccc5oc4=O)O3)[C@@H]1C2. The largest absolute Gasteiger partial charge is 0.486 e. The van der Waals surface area contributed by atoms with Gasteiger partial charge in [-0.1, -0.05) is 26.0 Å². The van der Waals surface area contributed by atoms with E-state index in [-0.39, 0.29) is 11.2 Å². The minimum atomic E-state index is -0.227. The van der Waals surface area contributed by atoms with Crippen molar-refractivity contribution in [1.82, 2.24) is 0 Å². The van der Waals surface area contributed by atoms with Crippen molar-refractivity contribution in [3.05, 3.63) is 40.2 Å². The Labute approximate surface area is 135 Å². The molecule has 0 N–H and O–H groups in total. The summed E-state index contributed by atoms with van der Waals surface area (Å²) in [5, 5.41) is 0.945. The van der Waals surface area contributed by atoms with Gasteiger partial charge in [-0.2, -0.15) is 0 Å². The molecule has 3 atom stereocenters. The predicted molar refractivity (Wildman–Crippen MR) is 88.8 cm³/mol. The molecule has 6 rings (SSSR count). The van der Waals surface area contributed by atoms with Crippen molar-refractivity contribution in [2.75, 3.05) is 0 Å². The molecule has 0 unspecified atom stereocenters. The van der Waals surface area contributed by atoms with Crippen molar-refractivity contribution in [2.24, 2.45) is 17.3 Å². The van der Waals surface area contributed by atoms with Crippen LogP contribution in [-0.4, -0.2) is 5.60 Å². The average Bonchev–Trinajstić information content (AvgIpc) is 2.54. The molecule has 1 aromatic heterocycles. The lowest BCUT2D eigenvalue weighted by Crippen LogP contribution is -2.64. The lowest BCUT2D eigenvalue weighted by Gasteiger charge is -2.65. The highest BCUT2D eigenvalue weighted by molar-refractivity contribution is 5.84. The van der Waals surface area contributed by atoms with Gasteiger partial charge in [0.15, 0.2) is 0 Å². The van der Waals surface area contributed by atoms with Gasteiger partial charge in [-0.15, -0.1) is 0 Å². The second-order valence-corrected chi connectivity index (χ2v) is 8.21. The summed E-state index contributed by atoms with van der Waals surface area (Å²) >= 11 is 0. The molecule has 3 nitrogen and oxygen atoms in total. The van der Waals surface area contributed by atoms with E-state index in [0.29, 0.717) is 16.9 Å². The summed E-state index contributed by atoms with van der Waals surface area (Å²) < 4.78 is 12.2. The monoisotopic (exact) mass is 310 g/mol. The molecule has 0 amide bonds. The highest BCUT2D eigenvalue weighted by atomic mass is 16.5. The van der Waals surface area contributed by atoms with Gasteiger partial charge in [-0.05, 0) is 55.6 Å². The van der Waals surface area contributed by atoms with Crippen LogP contribution in [0.2, 0.25) is 0 Å². The van der Waals surface area contributed by atoms with Crippen LogP contribution in [-0.2, 0) is 6.42 Å². The summed E-state index contributed by atoms with van der Waals surface area (Å²) in [4.78, 5) is 12.3. The molecule has 2 heterocycles. The second-order valence-electron chi connectivity index (χ2n) is 8.21. The summed E-state index contributed by atoms with van der Waals surface area (Å²) in [6.07, 6.45) is 5.38. The smallest absolute Gasteiger partial charge is 0.343 e. The van der Waals surface area contributed by atoms with Crippen LogP contribution in [0.3, 0.4) is 0 Å². The zero-order chi connectivity index (χ0) is 15.8. The van der Waals surface area contributed by atoms with Crippen LogP contribution in [0.25, 0.3) is 11.0 Å². The summed E-state index contributed by atoms with van der Waals surface area (Å²) in [6.45, 7) is 4.78. The fraction of sp³-hybridized carbons (Fsp3) is 0.550. The molecule has 3 saturated carbocycles. The Bertz CT molecular complexity index is 861. The number of fused-ring (bicyclic) bond motifs is 4. The molecular formula is C20H22O3. The quantitative estimate of drug-likeness (QED) is 0.681. The number of hydrogen-bond donors (Lipinski definition) is 0. The number of para-hydroxylation sites is 1. The maximum atomic E-state index is 12.3. The third kappa shape index (κ3) is 1.63. The Hall–Kier alpha value is -1.77. The molecule has 23 heavy (non-hydrogen) atoms. The van der Waals surface area contributed by atoms with Gasteiger partial charge >= 0.3 is 5.63 Å². The Morgan fingerprint density at radius 1 is 1.17 bits per heavy atom. The van der Waals surface area contributed by atoms with Crippen molar-refractivity contribution in [3.8, 4) is 5.75 Å². The molecule has 0 radical (unpaired) electrons. The molecule has 2 aromatic rings. The van der Waals surface area contributed by atoms with Crippen molar-refractivity contribution >= 4 is 11.0 Å². The fourth-order valence-electron chi connectivity index (χ4n) is 5.50. The van der Waals surface area contributed by atoms with Crippen molar-refractivity contribution in [3.63, 3.8) is 0 Å². The second kappa shape index (κ2) is 4.19. The van der Waals surface area contributed by atoms with Gasteiger partial charge in [0.2, 0.25) is 0 Å². The summed E-state index contributed by atoms with van der Waals surface area (Å²) in [6, 6.07) is 7.74. The standard InChI is InChI=1S/C20H22O3/c1-19(2)12-7-9-20(16(19)11-12)10-8-14-17(23-20)13-5-3-4-6-15(13)22-18(14)21/h3-6,12,16H,7-11H2,1-2H3/t12-,16+,20+/m0/s1. The van der Waals surface area contributed by atoms with E-state index in [4.69, 9.17) is 9.15 Å². The van der Waals surface area contributed by atoms with Gasteiger partial charge in [0.25, 0.3) is 0 Å². The zero-order valence-electron chi connectivity index (χ0n) is 13.7. The normalized spacial score (nSPS) is 33.8. The molecular weight excluding hydrogens is 288 g/mol. The molecule has 1 aliphatic heterocycles. The number of hydrogen-bond acceptors (Lipinski definition) is 3. The van der Waals surface area contributed by atoms with Gasteiger partial charge in [0, 0.05) is 5.92 Å². The molecule has 1 spiro atoms. The first kappa shape index (κ1) is 13.6. The van der Waals surface area contributed by atoms with E-state index < -0.39 is 0 Å². The zero-order valence-corrected chi connectivity index (χ0v) is 13.7. The van der Waals surface area contributed by atoms with Gasteiger partial charge < -0.3 is 9.15 Å². The van der Waals surface area contributed by atoms with E-state index >= 15 is 0 Å². The molecule has 3 fully saturated rings. The first-order valence-corrected chi connectivity index (χ1v) is 8.75. The van der Waals surface area contributed by atoms with Crippen LogP contribution in [0.1, 0.15) is 45.1 Å². The van der Waals surface area contributed by atoms with E-state index in [2.05, 4.69) is 13.8 Å². The van der Waals surface area contributed by atoms with E-state index in [9.17, 15) is 4.79 Å². The van der Waals surface area contributed by atoms with E-state index in [1.807, 2.05) is 24.3 Å². The van der Waals surface area contributed by atoms with Crippen LogP contribution in [0.15, 0.2) is 33.5 Å². The lowest BCUT2D eigenvalue weighted by atomic mass is 9.43. The highest BCUT2D eigenvalue weighted by Crippen LogP contribution is 2.65. The Balaban J connectivity index is 1.67. The van der Waals surface area contributed by atoms with E-state index in [1.54, 1.807) is 0 Å². The first-order chi connectivity index (χ1) is 11.0. The van der Waals surface area contributed by atoms with Crippen LogP contribution >= 0.6 is 0 Å². The number of benzene rings is 1. The first-order valence-electron chi connectivity index (χ1n) is 8.75. The van der Waals surface area contributed by atoms with Crippen LogP contribution < -0.4 is 10.4 Å². The van der Waals surface area contributed by atoms with Crippen molar-refractivity contribution < 1.29 is 9.15 Å². The van der Waals surface area contributed by atoms with E-state index in [0.717, 1.165) is 41.9 Å². The molecule has 2 bridgehead atoms.